The molecule has 148 valence electrons. The molecule has 0 fully saturated rings. The Morgan fingerprint density at radius 2 is 1.97 bits per heavy atom. The van der Waals surface area contributed by atoms with Gasteiger partial charge >= 0.3 is 0 Å². The van der Waals surface area contributed by atoms with Crippen LogP contribution < -0.4 is 10.6 Å². The van der Waals surface area contributed by atoms with Crippen LogP contribution in [0.15, 0.2) is 61.3 Å². The van der Waals surface area contributed by atoms with Gasteiger partial charge < -0.3 is 15.5 Å². The molecule has 1 aliphatic heterocycles. The van der Waals surface area contributed by atoms with Crippen LogP contribution in [0, 0.1) is 12.4 Å². The first-order valence-corrected chi connectivity index (χ1v) is 9.13. The Hall–Kier alpha value is -4.25. The van der Waals surface area contributed by atoms with E-state index >= 15 is 0 Å². The second-order valence-electron chi connectivity index (χ2n) is 6.68. The second-order valence-corrected chi connectivity index (χ2v) is 6.68. The van der Waals surface area contributed by atoms with Crippen LogP contribution in [0.25, 0.3) is 4.85 Å². The van der Waals surface area contributed by atoms with Gasteiger partial charge in [-0.2, -0.15) is 4.98 Å². The maximum atomic E-state index is 14.2. The molecule has 1 aliphatic rings. The number of nitrogens with zero attached hydrogens (tertiary/aromatic N) is 4. The fourth-order valence-corrected chi connectivity index (χ4v) is 3.19. The van der Waals surface area contributed by atoms with Gasteiger partial charge in [0.1, 0.15) is 0 Å². The van der Waals surface area contributed by atoms with Crippen LogP contribution in [0.3, 0.4) is 0 Å². The van der Waals surface area contributed by atoms with Crippen LogP contribution >= 0.6 is 0 Å². The summed E-state index contributed by atoms with van der Waals surface area (Å²) in [4.78, 5) is 25.1. The van der Waals surface area contributed by atoms with E-state index in [2.05, 4.69) is 32.0 Å². The molecule has 2 heterocycles. The van der Waals surface area contributed by atoms with Crippen LogP contribution in [0.4, 0.5) is 33.2 Å². The highest BCUT2D eigenvalue weighted by molar-refractivity contribution is 5.87. The summed E-state index contributed by atoms with van der Waals surface area (Å²) in [5.41, 5.74) is 3.81. The molecule has 0 atom stereocenters. The zero-order chi connectivity index (χ0) is 21.1. The van der Waals surface area contributed by atoms with Gasteiger partial charge in [0.15, 0.2) is 17.3 Å². The van der Waals surface area contributed by atoms with Crippen molar-refractivity contribution >= 4 is 34.7 Å². The summed E-state index contributed by atoms with van der Waals surface area (Å²) in [6, 6.07) is 12.4. The standard InChI is InChI=1S/C22H17FN6O/c1-3-20(30)29-12-14-7-8-18(9-15(14)13-29)27-22-25-11-19(23)21(28-22)26-17-6-4-5-16(10-17)24-2/h3-11H,1,12-13H2,(H2,25,26,27,28). The molecule has 2 N–H and O–H groups in total. The average molecular weight is 400 g/mol. The number of fused-ring (bicyclic) bond motifs is 1. The Morgan fingerprint density at radius 3 is 2.77 bits per heavy atom. The molecule has 4 rings (SSSR count). The number of hydrogen-bond donors (Lipinski definition) is 2. The summed E-state index contributed by atoms with van der Waals surface area (Å²) < 4.78 is 14.2. The van der Waals surface area contributed by atoms with E-state index in [0.717, 1.165) is 23.0 Å². The van der Waals surface area contributed by atoms with Crippen molar-refractivity contribution in [3.63, 3.8) is 0 Å². The number of hydrogen-bond acceptors (Lipinski definition) is 5. The average Bonchev–Trinajstić information content (AvgIpc) is 3.19. The first kappa shape index (κ1) is 19.1. The van der Waals surface area contributed by atoms with E-state index in [9.17, 15) is 9.18 Å². The molecule has 0 unspecified atom stereocenters. The van der Waals surface area contributed by atoms with E-state index in [1.807, 2.05) is 18.2 Å². The van der Waals surface area contributed by atoms with Crippen molar-refractivity contribution in [2.45, 2.75) is 13.1 Å². The van der Waals surface area contributed by atoms with E-state index in [1.165, 1.54) is 6.08 Å². The van der Waals surface area contributed by atoms with Gasteiger partial charge in [0, 0.05) is 24.5 Å². The lowest BCUT2D eigenvalue weighted by Crippen LogP contribution is -2.22. The molecule has 1 amide bonds. The number of anilines is 4. The summed E-state index contributed by atoms with van der Waals surface area (Å²) in [6.07, 6.45) is 2.38. The summed E-state index contributed by atoms with van der Waals surface area (Å²) in [5.74, 6) is -0.502. The third-order valence-electron chi connectivity index (χ3n) is 4.65. The SMILES string of the molecule is [C-]#[N+]c1cccc(Nc2nc(Nc3ccc4c(c3)CN(C(=O)C=C)C4)ncc2F)c1. The number of benzene rings is 2. The van der Waals surface area contributed by atoms with E-state index in [1.54, 1.807) is 29.2 Å². The quantitative estimate of drug-likeness (QED) is 0.480. The molecule has 0 bridgehead atoms. The van der Waals surface area contributed by atoms with Gasteiger partial charge in [-0.1, -0.05) is 24.8 Å². The van der Waals surface area contributed by atoms with Gasteiger partial charge in [-0.25, -0.2) is 14.2 Å². The van der Waals surface area contributed by atoms with Gasteiger partial charge in [0.2, 0.25) is 11.9 Å². The lowest BCUT2D eigenvalue weighted by Gasteiger charge is -2.11. The molecule has 0 aliphatic carbocycles. The van der Waals surface area contributed by atoms with Crippen LogP contribution in [-0.2, 0) is 17.9 Å². The summed E-state index contributed by atoms with van der Waals surface area (Å²) in [6.45, 7) is 11.7. The Bertz CT molecular complexity index is 1190. The number of amides is 1. The number of carbonyl (C=O) groups excluding carboxylic acids is 1. The van der Waals surface area contributed by atoms with E-state index < -0.39 is 5.82 Å². The fourth-order valence-electron chi connectivity index (χ4n) is 3.19. The van der Waals surface area contributed by atoms with Crippen LogP contribution in [0.5, 0.6) is 0 Å². The number of aromatic nitrogens is 2. The molecule has 1 aromatic heterocycles. The van der Waals surface area contributed by atoms with Gasteiger partial charge in [-0.05, 0) is 41.5 Å². The van der Waals surface area contributed by atoms with Gasteiger partial charge in [-0.15, -0.1) is 0 Å². The van der Waals surface area contributed by atoms with Crippen molar-refractivity contribution in [2.24, 2.45) is 0 Å². The molecular formula is C22H17FN6O. The minimum Gasteiger partial charge on any atom is -0.339 e. The third kappa shape index (κ3) is 3.95. The van der Waals surface area contributed by atoms with Crippen molar-refractivity contribution < 1.29 is 9.18 Å². The lowest BCUT2D eigenvalue weighted by molar-refractivity contribution is -0.126. The molecule has 30 heavy (non-hydrogen) atoms. The molecule has 0 spiro atoms. The Labute approximate surface area is 172 Å². The maximum absolute atomic E-state index is 14.2. The van der Waals surface area contributed by atoms with Crippen molar-refractivity contribution in [3.05, 3.63) is 89.7 Å². The molecule has 0 saturated carbocycles. The van der Waals surface area contributed by atoms with Crippen molar-refractivity contribution in [3.8, 4) is 0 Å². The number of rotatable bonds is 5. The Balaban J connectivity index is 1.52. The van der Waals surface area contributed by atoms with Crippen molar-refractivity contribution in [1.82, 2.24) is 14.9 Å². The summed E-state index contributed by atoms with van der Waals surface area (Å²) in [5, 5.41) is 5.94. The lowest BCUT2D eigenvalue weighted by atomic mass is 10.1. The predicted molar refractivity (Wildman–Crippen MR) is 112 cm³/mol. The maximum Gasteiger partial charge on any atom is 0.246 e. The fraction of sp³-hybridized carbons (Fsp3) is 0.0909. The minimum absolute atomic E-state index is 0.00135. The van der Waals surface area contributed by atoms with Crippen molar-refractivity contribution in [1.29, 1.82) is 0 Å². The first-order chi connectivity index (χ1) is 14.6. The summed E-state index contributed by atoms with van der Waals surface area (Å²) in [7, 11) is 0. The molecule has 3 aromatic rings. The number of nitrogens with one attached hydrogen (secondary N) is 2. The molecular weight excluding hydrogens is 383 g/mol. The smallest absolute Gasteiger partial charge is 0.246 e. The highest BCUT2D eigenvalue weighted by atomic mass is 19.1. The highest BCUT2D eigenvalue weighted by Gasteiger charge is 2.21. The molecule has 2 aromatic carbocycles. The Morgan fingerprint density at radius 1 is 1.17 bits per heavy atom. The van der Waals surface area contributed by atoms with Gasteiger partial charge in [-0.3, -0.25) is 4.79 Å². The summed E-state index contributed by atoms with van der Waals surface area (Å²) >= 11 is 0. The normalized spacial score (nSPS) is 12.1. The monoisotopic (exact) mass is 400 g/mol. The number of carbonyl (C=O) groups is 1. The molecule has 8 heteroatoms. The Kier molecular flexibility index (Phi) is 5.09. The van der Waals surface area contributed by atoms with Crippen molar-refractivity contribution in [2.75, 3.05) is 10.6 Å². The van der Waals surface area contributed by atoms with E-state index in [-0.39, 0.29) is 17.7 Å². The van der Waals surface area contributed by atoms with E-state index in [4.69, 9.17) is 6.57 Å². The van der Waals surface area contributed by atoms with Crippen LogP contribution in [-0.4, -0.2) is 20.8 Å². The molecule has 7 nitrogen and oxygen atoms in total. The third-order valence-corrected chi connectivity index (χ3v) is 4.65. The number of halogens is 1. The van der Waals surface area contributed by atoms with Gasteiger partial charge in [0.25, 0.3) is 0 Å². The molecule has 0 saturated heterocycles. The molecule has 0 radical (unpaired) electrons. The first-order valence-electron chi connectivity index (χ1n) is 9.13. The minimum atomic E-state index is -0.610. The zero-order valence-corrected chi connectivity index (χ0v) is 15.9. The van der Waals surface area contributed by atoms with E-state index in [0.29, 0.717) is 24.5 Å². The van der Waals surface area contributed by atoms with Crippen LogP contribution in [0.2, 0.25) is 0 Å². The largest absolute Gasteiger partial charge is 0.339 e. The topological polar surface area (TPSA) is 74.5 Å². The predicted octanol–water partition coefficient (Wildman–Crippen LogP) is 4.68. The highest BCUT2D eigenvalue weighted by Crippen LogP contribution is 2.28. The zero-order valence-electron chi connectivity index (χ0n) is 15.9. The second kappa shape index (κ2) is 8.01. The van der Waals surface area contributed by atoms with Crippen LogP contribution in [0.1, 0.15) is 11.1 Å². The van der Waals surface area contributed by atoms with Gasteiger partial charge in [0.05, 0.1) is 12.8 Å².